The Labute approximate surface area is 108 Å². The SMILES string of the molecule is CN(C)CCCN(C)c1ncccc1C(N)=NO. The van der Waals surface area contributed by atoms with Gasteiger partial charge in [0.1, 0.15) is 5.82 Å². The fourth-order valence-corrected chi connectivity index (χ4v) is 1.68. The van der Waals surface area contributed by atoms with Crippen LogP contribution >= 0.6 is 0 Å². The quantitative estimate of drug-likeness (QED) is 0.334. The molecule has 0 aliphatic rings. The van der Waals surface area contributed by atoms with Crippen molar-refractivity contribution in [3.05, 3.63) is 23.9 Å². The molecule has 1 aromatic rings. The molecule has 0 radical (unpaired) electrons. The Bertz CT molecular complexity index is 405. The molecule has 1 aromatic heterocycles. The number of nitrogens with zero attached hydrogens (tertiary/aromatic N) is 4. The number of aromatic nitrogens is 1. The molecular formula is C12H21N5O. The van der Waals surface area contributed by atoms with E-state index in [1.54, 1.807) is 18.3 Å². The van der Waals surface area contributed by atoms with Crippen LogP contribution in [0.2, 0.25) is 0 Å². The molecular weight excluding hydrogens is 230 g/mol. The predicted molar refractivity (Wildman–Crippen MR) is 73.2 cm³/mol. The van der Waals surface area contributed by atoms with E-state index in [2.05, 4.69) is 15.0 Å². The molecule has 1 rings (SSSR count). The zero-order valence-corrected chi connectivity index (χ0v) is 11.2. The molecule has 0 aliphatic heterocycles. The highest BCUT2D eigenvalue weighted by Crippen LogP contribution is 2.15. The molecule has 0 spiro atoms. The minimum absolute atomic E-state index is 0.0811. The molecule has 0 amide bonds. The standard InChI is InChI=1S/C12H21N5O/c1-16(2)8-5-9-17(3)12-10(11(13)15-18)6-4-7-14-12/h4,6-7,18H,5,8-9H2,1-3H3,(H2,13,15). The summed E-state index contributed by atoms with van der Waals surface area (Å²) >= 11 is 0. The van der Waals surface area contributed by atoms with E-state index < -0.39 is 0 Å². The van der Waals surface area contributed by atoms with Crippen molar-refractivity contribution >= 4 is 11.7 Å². The molecule has 0 aliphatic carbocycles. The molecule has 18 heavy (non-hydrogen) atoms. The maximum atomic E-state index is 8.75. The van der Waals surface area contributed by atoms with Crippen LogP contribution < -0.4 is 10.6 Å². The summed E-state index contributed by atoms with van der Waals surface area (Å²) in [6, 6.07) is 3.56. The van der Waals surface area contributed by atoms with Crippen molar-refractivity contribution in [1.82, 2.24) is 9.88 Å². The zero-order valence-electron chi connectivity index (χ0n) is 11.2. The molecule has 0 atom stereocenters. The van der Waals surface area contributed by atoms with E-state index in [-0.39, 0.29) is 5.84 Å². The molecule has 0 aromatic carbocycles. The largest absolute Gasteiger partial charge is 0.409 e. The van der Waals surface area contributed by atoms with E-state index in [0.717, 1.165) is 25.3 Å². The minimum Gasteiger partial charge on any atom is -0.409 e. The normalized spacial score (nSPS) is 11.9. The van der Waals surface area contributed by atoms with E-state index in [1.165, 1.54) is 0 Å². The van der Waals surface area contributed by atoms with Crippen molar-refractivity contribution < 1.29 is 5.21 Å². The monoisotopic (exact) mass is 251 g/mol. The topological polar surface area (TPSA) is 78.0 Å². The lowest BCUT2D eigenvalue weighted by atomic mass is 10.2. The first-order valence-electron chi connectivity index (χ1n) is 5.85. The molecule has 100 valence electrons. The van der Waals surface area contributed by atoms with E-state index in [4.69, 9.17) is 10.9 Å². The second-order valence-corrected chi connectivity index (χ2v) is 4.44. The number of anilines is 1. The van der Waals surface area contributed by atoms with Gasteiger partial charge in [-0.1, -0.05) is 5.16 Å². The molecule has 0 saturated heterocycles. The third-order valence-electron chi connectivity index (χ3n) is 2.63. The van der Waals surface area contributed by atoms with Crippen LogP contribution in [0.5, 0.6) is 0 Å². The summed E-state index contributed by atoms with van der Waals surface area (Å²) in [4.78, 5) is 8.43. The van der Waals surface area contributed by atoms with E-state index in [0.29, 0.717) is 5.56 Å². The summed E-state index contributed by atoms with van der Waals surface area (Å²) in [5, 5.41) is 11.8. The fraction of sp³-hybridized carbons (Fsp3) is 0.500. The fourth-order valence-electron chi connectivity index (χ4n) is 1.68. The van der Waals surface area contributed by atoms with Crippen LogP contribution in [0, 0.1) is 0 Å². The number of hydrogen-bond acceptors (Lipinski definition) is 5. The summed E-state index contributed by atoms with van der Waals surface area (Å²) in [5.41, 5.74) is 6.28. The van der Waals surface area contributed by atoms with Crippen molar-refractivity contribution in [2.75, 3.05) is 39.1 Å². The van der Waals surface area contributed by atoms with Gasteiger partial charge in [-0.15, -0.1) is 0 Å². The Balaban J connectivity index is 2.76. The molecule has 0 saturated carbocycles. The first-order valence-corrected chi connectivity index (χ1v) is 5.85. The molecule has 3 N–H and O–H groups in total. The Morgan fingerprint density at radius 1 is 1.39 bits per heavy atom. The van der Waals surface area contributed by atoms with Gasteiger partial charge in [-0.25, -0.2) is 4.98 Å². The van der Waals surface area contributed by atoms with E-state index >= 15 is 0 Å². The van der Waals surface area contributed by atoms with Crippen molar-refractivity contribution in [1.29, 1.82) is 0 Å². The van der Waals surface area contributed by atoms with Gasteiger partial charge in [-0.3, -0.25) is 0 Å². The minimum atomic E-state index is 0.0811. The van der Waals surface area contributed by atoms with Crippen LogP contribution in [0.15, 0.2) is 23.5 Å². The summed E-state index contributed by atoms with van der Waals surface area (Å²) in [6.45, 7) is 1.87. The Hall–Kier alpha value is -1.82. The van der Waals surface area contributed by atoms with Gasteiger partial charge < -0.3 is 20.7 Å². The van der Waals surface area contributed by atoms with Gasteiger partial charge in [0.25, 0.3) is 0 Å². The number of rotatable bonds is 6. The van der Waals surface area contributed by atoms with Crippen LogP contribution in [0.1, 0.15) is 12.0 Å². The second-order valence-electron chi connectivity index (χ2n) is 4.44. The number of nitrogens with two attached hydrogens (primary N) is 1. The van der Waals surface area contributed by atoms with Gasteiger partial charge >= 0.3 is 0 Å². The molecule has 0 fully saturated rings. The Morgan fingerprint density at radius 2 is 2.11 bits per heavy atom. The summed E-state index contributed by atoms with van der Waals surface area (Å²) in [5.74, 6) is 0.809. The van der Waals surface area contributed by atoms with Crippen molar-refractivity contribution in [2.45, 2.75) is 6.42 Å². The van der Waals surface area contributed by atoms with E-state index in [9.17, 15) is 0 Å². The van der Waals surface area contributed by atoms with Crippen LogP contribution in [0.25, 0.3) is 0 Å². The van der Waals surface area contributed by atoms with Gasteiger partial charge in [0, 0.05) is 19.8 Å². The maximum Gasteiger partial charge on any atom is 0.173 e. The number of amidine groups is 1. The van der Waals surface area contributed by atoms with Crippen LogP contribution in [0.4, 0.5) is 5.82 Å². The van der Waals surface area contributed by atoms with E-state index in [1.807, 2.05) is 26.0 Å². The lowest BCUT2D eigenvalue weighted by Crippen LogP contribution is -2.27. The number of hydrogen-bond donors (Lipinski definition) is 2. The smallest absolute Gasteiger partial charge is 0.173 e. The first-order chi connectivity index (χ1) is 8.56. The average molecular weight is 251 g/mol. The first kappa shape index (κ1) is 14.2. The zero-order chi connectivity index (χ0) is 13.5. The Kier molecular flexibility index (Phi) is 5.38. The highest BCUT2D eigenvalue weighted by atomic mass is 16.4. The lowest BCUT2D eigenvalue weighted by Gasteiger charge is -2.21. The number of pyridine rings is 1. The third kappa shape index (κ3) is 3.89. The maximum absolute atomic E-state index is 8.75. The van der Waals surface area contributed by atoms with Gasteiger partial charge in [0.05, 0.1) is 5.56 Å². The Morgan fingerprint density at radius 3 is 2.72 bits per heavy atom. The van der Waals surface area contributed by atoms with Crippen LogP contribution in [-0.4, -0.2) is 55.2 Å². The highest BCUT2D eigenvalue weighted by molar-refractivity contribution is 6.01. The molecule has 0 bridgehead atoms. The van der Waals surface area contributed by atoms with Crippen molar-refractivity contribution in [3.63, 3.8) is 0 Å². The molecule has 6 heteroatoms. The molecule has 6 nitrogen and oxygen atoms in total. The summed E-state index contributed by atoms with van der Waals surface area (Å²) in [6.07, 6.45) is 2.72. The highest BCUT2D eigenvalue weighted by Gasteiger charge is 2.11. The van der Waals surface area contributed by atoms with Crippen LogP contribution in [-0.2, 0) is 0 Å². The predicted octanol–water partition coefficient (Wildman–Crippen LogP) is 0.564. The van der Waals surface area contributed by atoms with Crippen LogP contribution in [0.3, 0.4) is 0 Å². The summed E-state index contributed by atoms with van der Waals surface area (Å²) in [7, 11) is 6.04. The summed E-state index contributed by atoms with van der Waals surface area (Å²) < 4.78 is 0. The second kappa shape index (κ2) is 6.80. The average Bonchev–Trinajstić information content (AvgIpc) is 2.37. The van der Waals surface area contributed by atoms with Gasteiger partial charge in [-0.2, -0.15) is 0 Å². The van der Waals surface area contributed by atoms with Gasteiger partial charge in [0.15, 0.2) is 5.84 Å². The molecule has 1 heterocycles. The third-order valence-corrected chi connectivity index (χ3v) is 2.63. The molecule has 0 unspecified atom stereocenters. The lowest BCUT2D eigenvalue weighted by molar-refractivity contribution is 0.318. The number of oxime groups is 1. The van der Waals surface area contributed by atoms with Crippen molar-refractivity contribution in [3.8, 4) is 0 Å². The van der Waals surface area contributed by atoms with Crippen molar-refractivity contribution in [2.24, 2.45) is 10.9 Å². The van der Waals surface area contributed by atoms with Gasteiger partial charge in [-0.05, 0) is 39.2 Å². The van der Waals surface area contributed by atoms with Gasteiger partial charge in [0.2, 0.25) is 0 Å².